The Labute approximate surface area is 121 Å². The zero-order valence-corrected chi connectivity index (χ0v) is 12.1. The minimum absolute atomic E-state index is 0.160. The Kier molecular flexibility index (Phi) is 4.30. The molecule has 0 spiro atoms. The third-order valence-corrected chi connectivity index (χ3v) is 2.97. The summed E-state index contributed by atoms with van der Waals surface area (Å²) in [7, 11) is 0. The Morgan fingerprint density at radius 2 is 2.11 bits per heavy atom. The molecule has 1 saturated heterocycles. The largest absolute Gasteiger partial charge is 0.349 e. The van der Waals surface area contributed by atoms with Crippen molar-refractivity contribution in [2.75, 3.05) is 13.2 Å². The van der Waals surface area contributed by atoms with Crippen LogP contribution in [0.25, 0.3) is 0 Å². The first-order chi connectivity index (χ1) is 8.85. The lowest BCUT2D eigenvalue weighted by Crippen LogP contribution is -2.34. The number of hydrogen-bond acceptors (Lipinski definition) is 4. The van der Waals surface area contributed by atoms with Crippen LogP contribution in [0.15, 0.2) is 12.1 Å². The molecular weight excluding hydrogens is 291 g/mol. The lowest BCUT2D eigenvalue weighted by Gasteiger charge is -2.17. The molecular formula is C12H14Cl2N2O3. The quantitative estimate of drug-likeness (QED) is 0.870. The maximum atomic E-state index is 11.9. The third-order valence-electron chi connectivity index (χ3n) is 2.58. The van der Waals surface area contributed by atoms with Gasteiger partial charge in [0.05, 0.1) is 6.61 Å². The van der Waals surface area contributed by atoms with Crippen LogP contribution in [0.5, 0.6) is 0 Å². The van der Waals surface area contributed by atoms with Gasteiger partial charge in [-0.25, -0.2) is 4.98 Å². The van der Waals surface area contributed by atoms with Gasteiger partial charge in [0.15, 0.2) is 5.79 Å². The SMILES string of the molecule is CC1(C)OCC(CNC(=O)c2cc(Cl)nc(Cl)c2)O1. The standard InChI is InChI=1S/C12H14Cl2N2O3/c1-12(2)18-6-8(19-12)5-15-11(17)7-3-9(13)16-10(14)4-7/h3-4,8H,5-6H2,1-2H3,(H,15,17). The number of amides is 1. The van der Waals surface area contributed by atoms with Gasteiger partial charge in [0.25, 0.3) is 5.91 Å². The minimum atomic E-state index is -0.599. The summed E-state index contributed by atoms with van der Waals surface area (Å²) in [6, 6.07) is 2.91. The molecule has 0 aromatic carbocycles. The molecule has 1 aliphatic heterocycles. The molecule has 1 atom stereocenters. The molecule has 104 valence electrons. The van der Waals surface area contributed by atoms with Gasteiger partial charge < -0.3 is 14.8 Å². The molecule has 1 N–H and O–H groups in total. The van der Waals surface area contributed by atoms with Crippen LogP contribution in [0.3, 0.4) is 0 Å². The van der Waals surface area contributed by atoms with Gasteiger partial charge in [0, 0.05) is 12.1 Å². The number of carbonyl (C=O) groups is 1. The maximum absolute atomic E-state index is 11.9. The number of hydrogen-bond donors (Lipinski definition) is 1. The number of nitrogens with zero attached hydrogens (tertiary/aromatic N) is 1. The molecule has 0 saturated carbocycles. The van der Waals surface area contributed by atoms with Crippen molar-refractivity contribution in [1.82, 2.24) is 10.3 Å². The number of rotatable bonds is 3. The molecule has 19 heavy (non-hydrogen) atoms. The first-order valence-corrected chi connectivity index (χ1v) is 6.54. The fourth-order valence-corrected chi connectivity index (χ4v) is 2.23. The predicted molar refractivity (Wildman–Crippen MR) is 71.5 cm³/mol. The van der Waals surface area contributed by atoms with Crippen molar-refractivity contribution in [1.29, 1.82) is 0 Å². The Morgan fingerprint density at radius 1 is 1.47 bits per heavy atom. The van der Waals surface area contributed by atoms with Crippen molar-refractivity contribution >= 4 is 29.1 Å². The fraction of sp³-hybridized carbons (Fsp3) is 0.500. The monoisotopic (exact) mass is 304 g/mol. The fourth-order valence-electron chi connectivity index (χ4n) is 1.77. The zero-order chi connectivity index (χ0) is 14.0. The summed E-state index contributed by atoms with van der Waals surface area (Å²) in [4.78, 5) is 15.7. The van der Waals surface area contributed by atoms with Gasteiger partial charge in [-0.05, 0) is 26.0 Å². The van der Waals surface area contributed by atoms with E-state index in [4.69, 9.17) is 32.7 Å². The predicted octanol–water partition coefficient (Wildman–Crippen LogP) is 2.27. The highest BCUT2D eigenvalue weighted by atomic mass is 35.5. The number of pyridine rings is 1. The smallest absolute Gasteiger partial charge is 0.251 e. The zero-order valence-electron chi connectivity index (χ0n) is 10.6. The van der Waals surface area contributed by atoms with E-state index in [0.717, 1.165) is 0 Å². The van der Waals surface area contributed by atoms with E-state index >= 15 is 0 Å². The Balaban J connectivity index is 1.91. The second kappa shape index (κ2) is 5.63. The first-order valence-electron chi connectivity index (χ1n) is 5.79. The number of aromatic nitrogens is 1. The van der Waals surface area contributed by atoms with Gasteiger partial charge in [-0.2, -0.15) is 0 Å². The summed E-state index contributed by atoms with van der Waals surface area (Å²) in [5.74, 6) is -0.877. The molecule has 1 aliphatic rings. The van der Waals surface area contributed by atoms with Crippen LogP contribution >= 0.6 is 23.2 Å². The van der Waals surface area contributed by atoms with Crippen molar-refractivity contribution in [3.8, 4) is 0 Å². The average Bonchev–Trinajstić information content (AvgIpc) is 2.64. The maximum Gasteiger partial charge on any atom is 0.251 e. The molecule has 2 heterocycles. The summed E-state index contributed by atoms with van der Waals surface area (Å²) in [6.07, 6.45) is -0.160. The molecule has 1 amide bonds. The normalized spacial score (nSPS) is 21.4. The molecule has 1 aromatic heterocycles. The summed E-state index contributed by atoms with van der Waals surface area (Å²) in [6.45, 7) is 4.47. The summed E-state index contributed by atoms with van der Waals surface area (Å²) >= 11 is 11.5. The van der Waals surface area contributed by atoms with E-state index in [-0.39, 0.29) is 22.3 Å². The molecule has 1 unspecified atom stereocenters. The topological polar surface area (TPSA) is 60.5 Å². The number of carbonyl (C=O) groups excluding carboxylic acids is 1. The van der Waals surface area contributed by atoms with Gasteiger partial charge in [0.1, 0.15) is 16.4 Å². The Hall–Kier alpha value is -0.880. The number of nitrogens with one attached hydrogen (secondary N) is 1. The summed E-state index contributed by atoms with van der Waals surface area (Å²) in [5.41, 5.74) is 0.364. The number of ether oxygens (including phenoxy) is 2. The minimum Gasteiger partial charge on any atom is -0.349 e. The number of halogens is 2. The third kappa shape index (κ3) is 4.04. The van der Waals surface area contributed by atoms with Crippen LogP contribution < -0.4 is 5.32 Å². The highest BCUT2D eigenvalue weighted by molar-refractivity contribution is 6.33. The van der Waals surface area contributed by atoms with E-state index in [0.29, 0.717) is 18.7 Å². The van der Waals surface area contributed by atoms with Crippen LogP contribution in [0.1, 0.15) is 24.2 Å². The molecule has 1 aromatic rings. The first kappa shape index (κ1) is 14.5. The van der Waals surface area contributed by atoms with Gasteiger partial charge in [-0.1, -0.05) is 23.2 Å². The highest BCUT2D eigenvalue weighted by Gasteiger charge is 2.32. The van der Waals surface area contributed by atoms with Gasteiger partial charge >= 0.3 is 0 Å². The van der Waals surface area contributed by atoms with Crippen LogP contribution in [0, 0.1) is 0 Å². The molecule has 2 rings (SSSR count). The van der Waals surface area contributed by atoms with E-state index < -0.39 is 5.79 Å². The van der Waals surface area contributed by atoms with Crippen molar-refractivity contribution in [3.63, 3.8) is 0 Å². The lowest BCUT2D eigenvalue weighted by atomic mass is 10.2. The van der Waals surface area contributed by atoms with Crippen molar-refractivity contribution in [2.45, 2.75) is 25.7 Å². The second-order valence-corrected chi connectivity index (χ2v) is 5.44. The molecule has 0 aliphatic carbocycles. The van der Waals surface area contributed by atoms with Crippen LogP contribution in [0.4, 0.5) is 0 Å². The average molecular weight is 305 g/mol. The second-order valence-electron chi connectivity index (χ2n) is 4.66. The van der Waals surface area contributed by atoms with E-state index in [9.17, 15) is 4.79 Å². The van der Waals surface area contributed by atoms with Crippen molar-refractivity contribution < 1.29 is 14.3 Å². The highest BCUT2D eigenvalue weighted by Crippen LogP contribution is 2.21. The molecule has 0 radical (unpaired) electrons. The molecule has 0 bridgehead atoms. The van der Waals surface area contributed by atoms with Crippen molar-refractivity contribution in [3.05, 3.63) is 28.0 Å². The van der Waals surface area contributed by atoms with Crippen molar-refractivity contribution in [2.24, 2.45) is 0 Å². The van der Waals surface area contributed by atoms with Gasteiger partial charge in [-0.3, -0.25) is 4.79 Å². The van der Waals surface area contributed by atoms with E-state index in [2.05, 4.69) is 10.3 Å². The summed E-state index contributed by atoms with van der Waals surface area (Å²) < 4.78 is 11.0. The van der Waals surface area contributed by atoms with Gasteiger partial charge in [0.2, 0.25) is 0 Å². The van der Waals surface area contributed by atoms with Gasteiger partial charge in [-0.15, -0.1) is 0 Å². The lowest BCUT2D eigenvalue weighted by molar-refractivity contribution is -0.137. The van der Waals surface area contributed by atoms with E-state index in [1.807, 2.05) is 13.8 Å². The molecule has 7 heteroatoms. The Morgan fingerprint density at radius 3 is 2.63 bits per heavy atom. The Bertz CT molecular complexity index is 474. The summed E-state index contributed by atoms with van der Waals surface area (Å²) in [5, 5.41) is 3.10. The molecule has 5 nitrogen and oxygen atoms in total. The van der Waals surface area contributed by atoms with E-state index in [1.165, 1.54) is 12.1 Å². The van der Waals surface area contributed by atoms with Crippen LogP contribution in [-0.2, 0) is 9.47 Å². The van der Waals surface area contributed by atoms with E-state index in [1.54, 1.807) is 0 Å². The van der Waals surface area contributed by atoms with Crippen LogP contribution in [-0.4, -0.2) is 35.9 Å². The van der Waals surface area contributed by atoms with Crippen LogP contribution in [0.2, 0.25) is 10.3 Å². The molecule has 1 fully saturated rings.